The summed E-state index contributed by atoms with van der Waals surface area (Å²) >= 11 is 0. The highest BCUT2D eigenvalue weighted by atomic mass is 16.5. The Balaban J connectivity index is 1.30. The number of nitrogens with zero attached hydrogens (tertiary/aromatic N) is 6. The highest BCUT2D eigenvalue weighted by Crippen LogP contribution is 2.31. The maximum atomic E-state index is 12.7. The molecule has 0 aliphatic carbocycles. The zero-order valence-corrected chi connectivity index (χ0v) is 19.7. The second-order valence-corrected chi connectivity index (χ2v) is 8.56. The first-order valence-electron chi connectivity index (χ1n) is 11.8. The lowest BCUT2D eigenvalue weighted by Crippen LogP contribution is -2.49. The number of benzene rings is 1. The molecule has 1 aliphatic rings. The predicted octanol–water partition coefficient (Wildman–Crippen LogP) is 2.53. The van der Waals surface area contributed by atoms with Crippen molar-refractivity contribution >= 4 is 17.2 Å². The average Bonchev–Trinajstić information content (AvgIpc) is 3.35. The molecule has 0 radical (unpaired) electrons. The van der Waals surface area contributed by atoms with Gasteiger partial charge in [-0.25, -0.2) is 9.50 Å². The third-order valence-electron chi connectivity index (χ3n) is 6.28. The van der Waals surface area contributed by atoms with Gasteiger partial charge in [0, 0.05) is 43.5 Å². The fourth-order valence-electron chi connectivity index (χ4n) is 4.44. The zero-order valence-electron chi connectivity index (χ0n) is 19.7. The molecule has 9 nitrogen and oxygen atoms in total. The van der Waals surface area contributed by atoms with Crippen LogP contribution in [0.4, 0.5) is 5.82 Å². The summed E-state index contributed by atoms with van der Waals surface area (Å²) in [4.78, 5) is 21.4. The molecule has 3 aromatic heterocycles. The Hall–Kier alpha value is -4.42. The van der Waals surface area contributed by atoms with E-state index in [2.05, 4.69) is 21.1 Å². The van der Waals surface area contributed by atoms with Crippen LogP contribution in [0.2, 0.25) is 0 Å². The predicted molar refractivity (Wildman–Crippen MR) is 135 cm³/mol. The van der Waals surface area contributed by atoms with Crippen molar-refractivity contribution in [1.29, 1.82) is 5.26 Å². The molecule has 1 fully saturated rings. The number of pyridine rings is 2. The van der Waals surface area contributed by atoms with E-state index in [1.54, 1.807) is 16.9 Å². The van der Waals surface area contributed by atoms with Crippen molar-refractivity contribution in [3.05, 3.63) is 78.2 Å². The van der Waals surface area contributed by atoms with Gasteiger partial charge in [-0.05, 0) is 23.8 Å². The number of nitriles is 1. The molecule has 1 aromatic carbocycles. The van der Waals surface area contributed by atoms with Crippen molar-refractivity contribution < 1.29 is 14.6 Å². The van der Waals surface area contributed by atoms with Crippen molar-refractivity contribution in [1.82, 2.24) is 19.5 Å². The zero-order chi connectivity index (χ0) is 24.9. The topological polar surface area (TPSA) is 107 Å². The Morgan fingerprint density at radius 3 is 2.58 bits per heavy atom. The van der Waals surface area contributed by atoms with E-state index in [9.17, 15) is 10.1 Å². The molecule has 1 N–H and O–H groups in total. The van der Waals surface area contributed by atoms with Gasteiger partial charge in [-0.1, -0.05) is 30.3 Å². The van der Waals surface area contributed by atoms with Gasteiger partial charge in [0.25, 0.3) is 0 Å². The number of anilines is 1. The number of aliphatic hydroxyl groups is 1. The van der Waals surface area contributed by atoms with Crippen LogP contribution in [0.1, 0.15) is 11.1 Å². The fourth-order valence-corrected chi connectivity index (χ4v) is 4.44. The van der Waals surface area contributed by atoms with E-state index in [0.717, 1.165) is 22.5 Å². The Kier molecular flexibility index (Phi) is 6.78. The number of amides is 1. The molecule has 0 bridgehead atoms. The highest BCUT2D eigenvalue weighted by Gasteiger charge is 2.22. The molecule has 0 atom stereocenters. The SMILES string of the molecule is N#Cc1cnn2cc(OCCO)cc(-c3ccc(N4CCN(C(=O)Cc5ccccc5)CC4)nc3)c12. The van der Waals surface area contributed by atoms with Crippen LogP contribution in [0.3, 0.4) is 0 Å². The number of hydrogen-bond donors (Lipinski definition) is 1. The number of carbonyl (C=O) groups excluding carboxylic acids is 1. The molecular formula is C27H26N6O3. The van der Waals surface area contributed by atoms with Gasteiger partial charge in [0.15, 0.2) is 0 Å². The molecule has 4 heterocycles. The van der Waals surface area contributed by atoms with Crippen LogP contribution in [0.15, 0.2) is 67.1 Å². The number of aliphatic hydroxyl groups excluding tert-OH is 1. The van der Waals surface area contributed by atoms with E-state index < -0.39 is 0 Å². The molecule has 1 aliphatic heterocycles. The van der Waals surface area contributed by atoms with E-state index >= 15 is 0 Å². The second kappa shape index (κ2) is 10.5. The van der Waals surface area contributed by atoms with Crippen molar-refractivity contribution in [2.45, 2.75) is 6.42 Å². The minimum Gasteiger partial charge on any atom is -0.490 e. The van der Waals surface area contributed by atoms with Crippen molar-refractivity contribution in [2.75, 3.05) is 44.3 Å². The van der Waals surface area contributed by atoms with E-state index in [1.807, 2.05) is 53.4 Å². The van der Waals surface area contributed by atoms with Crippen LogP contribution < -0.4 is 9.64 Å². The lowest BCUT2D eigenvalue weighted by molar-refractivity contribution is -0.130. The molecule has 0 unspecified atom stereocenters. The van der Waals surface area contributed by atoms with E-state index in [-0.39, 0.29) is 19.1 Å². The van der Waals surface area contributed by atoms with Gasteiger partial charge >= 0.3 is 0 Å². The van der Waals surface area contributed by atoms with Crippen LogP contribution in [-0.4, -0.2) is 69.9 Å². The summed E-state index contributed by atoms with van der Waals surface area (Å²) in [6.07, 6.45) is 5.41. The first-order valence-corrected chi connectivity index (χ1v) is 11.8. The van der Waals surface area contributed by atoms with Crippen LogP contribution in [0.5, 0.6) is 5.75 Å². The number of carbonyl (C=O) groups is 1. The monoisotopic (exact) mass is 482 g/mol. The van der Waals surface area contributed by atoms with Crippen LogP contribution in [0.25, 0.3) is 16.6 Å². The number of fused-ring (bicyclic) bond motifs is 1. The third-order valence-corrected chi connectivity index (χ3v) is 6.28. The molecule has 1 amide bonds. The van der Waals surface area contributed by atoms with Crippen LogP contribution in [0, 0.1) is 11.3 Å². The quantitative estimate of drug-likeness (QED) is 0.431. The van der Waals surface area contributed by atoms with Crippen molar-refractivity contribution in [3.8, 4) is 22.9 Å². The molecular weight excluding hydrogens is 456 g/mol. The fraction of sp³-hybridized carbons (Fsp3) is 0.259. The lowest BCUT2D eigenvalue weighted by atomic mass is 10.1. The number of rotatable bonds is 7. The molecule has 36 heavy (non-hydrogen) atoms. The summed E-state index contributed by atoms with van der Waals surface area (Å²) in [6.45, 7) is 2.79. The molecule has 0 saturated carbocycles. The van der Waals surface area contributed by atoms with Gasteiger partial charge in [-0.2, -0.15) is 10.4 Å². The van der Waals surface area contributed by atoms with Gasteiger partial charge in [-0.15, -0.1) is 0 Å². The lowest BCUT2D eigenvalue weighted by Gasteiger charge is -2.35. The average molecular weight is 483 g/mol. The van der Waals surface area contributed by atoms with Crippen molar-refractivity contribution in [2.24, 2.45) is 0 Å². The molecule has 182 valence electrons. The molecule has 0 spiro atoms. The van der Waals surface area contributed by atoms with Gasteiger partial charge in [0.05, 0.1) is 36.5 Å². The van der Waals surface area contributed by atoms with Crippen LogP contribution in [-0.2, 0) is 11.2 Å². The number of aromatic nitrogens is 3. The maximum Gasteiger partial charge on any atom is 0.227 e. The van der Waals surface area contributed by atoms with Crippen LogP contribution >= 0.6 is 0 Å². The number of ether oxygens (including phenoxy) is 1. The maximum absolute atomic E-state index is 12.7. The Bertz CT molecular complexity index is 1390. The summed E-state index contributed by atoms with van der Waals surface area (Å²) in [5.41, 5.74) is 3.76. The summed E-state index contributed by atoms with van der Waals surface area (Å²) in [7, 11) is 0. The first kappa shape index (κ1) is 23.3. The summed E-state index contributed by atoms with van der Waals surface area (Å²) in [5.74, 6) is 1.52. The van der Waals surface area contributed by atoms with E-state index in [0.29, 0.717) is 49.4 Å². The van der Waals surface area contributed by atoms with E-state index in [1.165, 1.54) is 6.20 Å². The van der Waals surface area contributed by atoms with Crippen molar-refractivity contribution in [3.63, 3.8) is 0 Å². The summed E-state index contributed by atoms with van der Waals surface area (Å²) in [6, 6.07) is 17.8. The smallest absolute Gasteiger partial charge is 0.227 e. The molecule has 4 aromatic rings. The Morgan fingerprint density at radius 1 is 1.08 bits per heavy atom. The molecule has 9 heteroatoms. The minimum atomic E-state index is -0.0999. The van der Waals surface area contributed by atoms with Gasteiger partial charge in [0.1, 0.15) is 24.2 Å². The Labute approximate surface area is 208 Å². The summed E-state index contributed by atoms with van der Waals surface area (Å²) in [5, 5.41) is 22.9. The largest absolute Gasteiger partial charge is 0.490 e. The van der Waals surface area contributed by atoms with Gasteiger partial charge in [-0.3, -0.25) is 4.79 Å². The standard InChI is InChI=1S/C27H26N6O3/c28-16-22-18-30-33-19-23(36-13-12-34)15-24(27(22)33)21-6-7-25(29-17-21)31-8-10-32(11-9-31)26(35)14-20-4-2-1-3-5-20/h1-7,15,17-19,34H,8-14H2. The molecule has 5 rings (SSSR count). The minimum absolute atomic E-state index is 0.0999. The Morgan fingerprint density at radius 2 is 1.89 bits per heavy atom. The summed E-state index contributed by atoms with van der Waals surface area (Å²) < 4.78 is 7.21. The first-order chi connectivity index (χ1) is 17.7. The highest BCUT2D eigenvalue weighted by molar-refractivity contribution is 5.85. The number of hydrogen-bond acceptors (Lipinski definition) is 7. The van der Waals surface area contributed by atoms with Gasteiger partial charge < -0.3 is 19.6 Å². The normalized spacial score (nSPS) is 13.6. The second-order valence-electron chi connectivity index (χ2n) is 8.56. The third kappa shape index (κ3) is 4.85. The number of piperazine rings is 1. The molecule has 1 saturated heterocycles. The van der Waals surface area contributed by atoms with E-state index in [4.69, 9.17) is 9.84 Å². The van der Waals surface area contributed by atoms with Gasteiger partial charge in [0.2, 0.25) is 5.91 Å².